The van der Waals surface area contributed by atoms with Gasteiger partial charge in [0.25, 0.3) is 5.91 Å². The van der Waals surface area contributed by atoms with Crippen molar-refractivity contribution >= 4 is 28.5 Å². The molecule has 7 heteroatoms. The average molecular weight is 375 g/mol. The molecule has 0 saturated carbocycles. The summed E-state index contributed by atoms with van der Waals surface area (Å²) in [7, 11) is 0. The van der Waals surface area contributed by atoms with E-state index in [9.17, 15) is 9.59 Å². The van der Waals surface area contributed by atoms with Crippen molar-refractivity contribution in [3.63, 3.8) is 0 Å². The number of H-pyrrole nitrogens is 1. The lowest BCUT2D eigenvalue weighted by molar-refractivity contribution is -0.121. The Labute approximate surface area is 162 Å². The van der Waals surface area contributed by atoms with Crippen LogP contribution in [0, 0.1) is 0 Å². The molecule has 2 aliphatic heterocycles. The molecule has 0 unspecified atom stereocenters. The van der Waals surface area contributed by atoms with E-state index in [1.54, 1.807) is 12.3 Å². The van der Waals surface area contributed by atoms with E-state index in [-0.39, 0.29) is 17.9 Å². The molecule has 2 atom stereocenters. The molecule has 2 N–H and O–H groups in total. The maximum absolute atomic E-state index is 13.4. The molecule has 142 valence electrons. The van der Waals surface area contributed by atoms with Crippen LogP contribution in [0.1, 0.15) is 42.2 Å². The minimum Gasteiger partial charge on any atom is -0.333 e. The van der Waals surface area contributed by atoms with Crippen LogP contribution < -0.4 is 5.32 Å². The van der Waals surface area contributed by atoms with Gasteiger partial charge in [0.1, 0.15) is 5.69 Å². The highest BCUT2D eigenvalue weighted by Crippen LogP contribution is 2.49. The number of aromatic nitrogens is 3. The zero-order valence-electron chi connectivity index (χ0n) is 15.6. The molecule has 7 nitrogen and oxygen atoms in total. The third-order valence-corrected chi connectivity index (χ3v) is 6.10. The zero-order chi connectivity index (χ0) is 19.3. The molecule has 0 bridgehead atoms. The summed E-state index contributed by atoms with van der Waals surface area (Å²) >= 11 is 0. The largest absolute Gasteiger partial charge is 0.333 e. The normalized spacial score (nSPS) is 23.4. The minimum atomic E-state index is -0.680. The van der Waals surface area contributed by atoms with Crippen LogP contribution in [-0.4, -0.2) is 44.5 Å². The van der Waals surface area contributed by atoms with Crippen molar-refractivity contribution in [2.45, 2.75) is 37.6 Å². The summed E-state index contributed by atoms with van der Waals surface area (Å²) in [4.78, 5) is 32.7. The first-order valence-electron chi connectivity index (χ1n) is 9.67. The Morgan fingerprint density at radius 2 is 2.14 bits per heavy atom. The van der Waals surface area contributed by atoms with E-state index >= 15 is 0 Å². The van der Waals surface area contributed by atoms with E-state index in [0.717, 1.165) is 29.5 Å². The quantitative estimate of drug-likeness (QED) is 0.736. The lowest BCUT2D eigenvalue weighted by Gasteiger charge is -2.33. The van der Waals surface area contributed by atoms with Gasteiger partial charge in [0.15, 0.2) is 5.65 Å². The standard InChI is InChI=1S/C21H21N5O2/c1-2-5-17-21(14-6-3-4-7-15(14)24-20(21)28)10-11-26(17)19(27)16-9-8-13-12-22-25-18(13)23-16/h3-4,6-9,12,17H,2,5,10-11H2,1H3,(H,24,28)(H,22,23,25)/t17-,21+/m0/s1. The predicted molar refractivity (Wildman–Crippen MR) is 105 cm³/mol. The van der Waals surface area contributed by atoms with E-state index in [1.165, 1.54) is 0 Å². The van der Waals surface area contributed by atoms with Gasteiger partial charge in [-0.25, -0.2) is 4.98 Å². The predicted octanol–water partition coefficient (Wildman–Crippen LogP) is 2.86. The van der Waals surface area contributed by atoms with Crippen LogP contribution in [0.4, 0.5) is 5.69 Å². The molecule has 2 amide bonds. The van der Waals surface area contributed by atoms with E-state index in [4.69, 9.17) is 0 Å². The highest BCUT2D eigenvalue weighted by atomic mass is 16.2. The van der Waals surface area contributed by atoms with Crippen molar-refractivity contribution in [2.24, 2.45) is 0 Å². The number of rotatable bonds is 3. The summed E-state index contributed by atoms with van der Waals surface area (Å²) in [5.41, 5.74) is 2.16. The minimum absolute atomic E-state index is 0.000529. The van der Waals surface area contributed by atoms with Crippen molar-refractivity contribution in [3.8, 4) is 0 Å². The maximum Gasteiger partial charge on any atom is 0.272 e. The van der Waals surface area contributed by atoms with Gasteiger partial charge >= 0.3 is 0 Å². The number of hydrogen-bond acceptors (Lipinski definition) is 4. The Morgan fingerprint density at radius 1 is 1.29 bits per heavy atom. The lowest BCUT2D eigenvalue weighted by atomic mass is 9.73. The van der Waals surface area contributed by atoms with E-state index < -0.39 is 5.41 Å². The zero-order valence-corrected chi connectivity index (χ0v) is 15.6. The Morgan fingerprint density at radius 3 is 3.00 bits per heavy atom. The van der Waals surface area contributed by atoms with Gasteiger partial charge < -0.3 is 10.2 Å². The summed E-state index contributed by atoms with van der Waals surface area (Å²) in [5, 5.41) is 10.7. The van der Waals surface area contributed by atoms with Gasteiger partial charge in [-0.15, -0.1) is 0 Å². The molecule has 5 rings (SSSR count). The molecular formula is C21H21N5O2. The number of pyridine rings is 1. The SMILES string of the molecule is CCC[C@@H]1N(C(=O)c2ccc3cn[nH]c3n2)CC[C@]12C(=O)Nc1ccccc12. The number of hydrogen-bond donors (Lipinski definition) is 2. The number of amides is 2. The molecule has 2 aliphatic rings. The monoisotopic (exact) mass is 375 g/mol. The van der Waals surface area contributed by atoms with Crippen molar-refractivity contribution < 1.29 is 9.59 Å². The van der Waals surface area contributed by atoms with Gasteiger partial charge in [0.05, 0.1) is 17.7 Å². The van der Waals surface area contributed by atoms with Gasteiger partial charge in [0, 0.05) is 17.6 Å². The van der Waals surface area contributed by atoms with Gasteiger partial charge in [-0.3, -0.25) is 14.7 Å². The molecule has 1 aromatic carbocycles. The summed E-state index contributed by atoms with van der Waals surface area (Å²) in [6, 6.07) is 11.2. The van der Waals surface area contributed by atoms with Crippen molar-refractivity contribution in [3.05, 3.63) is 53.9 Å². The summed E-state index contributed by atoms with van der Waals surface area (Å²) < 4.78 is 0. The average Bonchev–Trinajstić information content (AvgIpc) is 3.39. The summed E-state index contributed by atoms with van der Waals surface area (Å²) in [6.07, 6.45) is 3.96. The molecular weight excluding hydrogens is 354 g/mol. The third kappa shape index (κ3) is 2.22. The fraction of sp³-hybridized carbons (Fsp3) is 0.333. The van der Waals surface area contributed by atoms with Crippen LogP contribution >= 0.6 is 0 Å². The molecule has 4 heterocycles. The topological polar surface area (TPSA) is 91.0 Å². The first-order valence-corrected chi connectivity index (χ1v) is 9.67. The maximum atomic E-state index is 13.4. The number of aromatic amines is 1. The fourth-order valence-corrected chi connectivity index (χ4v) is 4.81. The van der Waals surface area contributed by atoms with E-state index in [2.05, 4.69) is 27.4 Å². The van der Waals surface area contributed by atoms with Crippen LogP contribution in [0.15, 0.2) is 42.6 Å². The first-order chi connectivity index (χ1) is 13.6. The molecule has 1 saturated heterocycles. The Bertz CT molecular complexity index is 1090. The van der Waals surface area contributed by atoms with Crippen molar-refractivity contribution in [1.29, 1.82) is 0 Å². The molecule has 0 radical (unpaired) electrons. The lowest BCUT2D eigenvalue weighted by Crippen LogP contribution is -2.48. The smallest absolute Gasteiger partial charge is 0.272 e. The van der Waals surface area contributed by atoms with Crippen LogP contribution in [0.25, 0.3) is 11.0 Å². The van der Waals surface area contributed by atoms with Crippen LogP contribution in [0.3, 0.4) is 0 Å². The van der Waals surface area contributed by atoms with Gasteiger partial charge in [-0.1, -0.05) is 31.5 Å². The van der Waals surface area contributed by atoms with Gasteiger partial charge in [0.2, 0.25) is 5.91 Å². The number of fused-ring (bicyclic) bond motifs is 3. The number of nitrogens with zero attached hydrogens (tertiary/aromatic N) is 3. The number of likely N-dealkylation sites (tertiary alicyclic amines) is 1. The molecule has 28 heavy (non-hydrogen) atoms. The number of nitrogens with one attached hydrogen (secondary N) is 2. The van der Waals surface area contributed by atoms with E-state index in [0.29, 0.717) is 24.3 Å². The molecule has 1 fully saturated rings. The Hall–Kier alpha value is -3.22. The molecule has 1 spiro atoms. The highest BCUT2D eigenvalue weighted by Gasteiger charge is 2.58. The third-order valence-electron chi connectivity index (χ3n) is 6.10. The second kappa shape index (κ2) is 6.15. The van der Waals surface area contributed by atoms with Crippen molar-refractivity contribution in [2.75, 3.05) is 11.9 Å². The van der Waals surface area contributed by atoms with Crippen LogP contribution in [-0.2, 0) is 10.2 Å². The van der Waals surface area contributed by atoms with Gasteiger partial charge in [-0.05, 0) is 36.6 Å². The fourth-order valence-electron chi connectivity index (χ4n) is 4.81. The number of carbonyl (C=O) groups excluding carboxylic acids is 2. The second-order valence-electron chi connectivity index (χ2n) is 7.53. The van der Waals surface area contributed by atoms with Crippen molar-refractivity contribution in [1.82, 2.24) is 20.1 Å². The Kier molecular flexibility index (Phi) is 3.72. The molecule has 2 aromatic heterocycles. The van der Waals surface area contributed by atoms with E-state index in [1.807, 2.05) is 35.2 Å². The van der Waals surface area contributed by atoms with Crippen LogP contribution in [0.5, 0.6) is 0 Å². The summed E-state index contributed by atoms with van der Waals surface area (Å²) in [5.74, 6) is -0.136. The highest BCUT2D eigenvalue weighted by molar-refractivity contribution is 6.08. The number of para-hydroxylation sites is 1. The van der Waals surface area contributed by atoms with Gasteiger partial charge in [-0.2, -0.15) is 5.10 Å². The van der Waals surface area contributed by atoms with Crippen LogP contribution in [0.2, 0.25) is 0 Å². The number of carbonyl (C=O) groups is 2. The number of benzene rings is 1. The summed E-state index contributed by atoms with van der Waals surface area (Å²) in [6.45, 7) is 2.62. The second-order valence-corrected chi connectivity index (χ2v) is 7.53. The molecule has 3 aromatic rings. The first kappa shape index (κ1) is 16.9. The molecule has 0 aliphatic carbocycles. The Balaban J connectivity index is 1.56. The number of anilines is 1.